The highest BCUT2D eigenvalue weighted by molar-refractivity contribution is 7.47. The molecule has 0 aromatic rings. The van der Waals surface area contributed by atoms with Crippen molar-refractivity contribution in [3.05, 3.63) is 0 Å². The minimum atomic E-state index is -4.97. The Kier molecular flexibility index (Phi) is 73.4. The molecular weight excluding hydrogens is 1370 g/mol. The Balaban J connectivity index is 5.20. The third-order valence-electron chi connectivity index (χ3n) is 20.4. The zero-order chi connectivity index (χ0) is 77.4. The summed E-state index contributed by atoms with van der Waals surface area (Å²) in [4.78, 5) is 73.2. The van der Waals surface area contributed by atoms with Crippen LogP contribution in [-0.2, 0) is 65.4 Å². The second kappa shape index (κ2) is 74.8. The van der Waals surface area contributed by atoms with Gasteiger partial charge in [-0.15, -0.1) is 0 Å². The maximum atomic E-state index is 13.1. The molecule has 0 radical (unpaired) electrons. The number of phosphoric ester groups is 2. The lowest BCUT2D eigenvalue weighted by molar-refractivity contribution is -0.161. The van der Waals surface area contributed by atoms with Crippen LogP contribution in [0.5, 0.6) is 0 Å². The van der Waals surface area contributed by atoms with Crippen molar-refractivity contribution >= 4 is 39.5 Å². The smallest absolute Gasteiger partial charge is 0.462 e. The highest BCUT2D eigenvalue weighted by Crippen LogP contribution is 2.45. The van der Waals surface area contributed by atoms with Gasteiger partial charge in [-0.25, -0.2) is 9.13 Å². The van der Waals surface area contributed by atoms with Crippen LogP contribution in [-0.4, -0.2) is 96.7 Å². The third-order valence-corrected chi connectivity index (χ3v) is 22.3. The number of carbonyl (C=O) groups is 4. The molecule has 3 N–H and O–H groups in total. The Morgan fingerprint density at radius 2 is 0.457 bits per heavy atom. The molecule has 0 aromatic heterocycles. The van der Waals surface area contributed by atoms with Crippen LogP contribution in [0, 0.1) is 23.7 Å². The number of rotatable bonds is 83. The van der Waals surface area contributed by atoms with Crippen LogP contribution in [0.25, 0.3) is 0 Å². The molecule has 6 atom stereocenters. The molecular formula is C86H168O17P2. The SMILES string of the molecule is CCC(C)CCCCCCCCCCCCCCCCCCCCC(=O)OC[C@H](COP(=O)(O)OCC(O)COP(=O)(O)OC[C@@H](COC(=O)CCCCCCCCCC(C)C)OC(=O)CCCCCCCCCCCCCCCCCC(C)C)OC(=O)CCCCCCCCCCCCCCC(C)C. The minimum absolute atomic E-state index is 0.107. The van der Waals surface area contributed by atoms with Crippen LogP contribution in [0.4, 0.5) is 0 Å². The van der Waals surface area contributed by atoms with E-state index in [-0.39, 0.29) is 25.7 Å². The standard InChI is InChI=1S/C86H168O17P2/c1-9-79(8)65-57-49-41-33-27-20-16-12-10-11-13-17-21-28-34-42-50-58-66-83(88)96-72-81(102-86(91)69-61-53-44-36-30-24-23-26-32-39-47-55-63-77(4)5)74-100-104(92,93)98-70-80(87)71-99-105(94,95)101-75-82(73-97-84(89)67-59-51-45-37-40-48-56-64-78(6)7)103-85(90)68-60-52-43-35-29-22-18-14-15-19-25-31-38-46-54-62-76(2)3/h76-82,87H,9-75H2,1-8H3,(H,92,93)(H,94,95)/t79?,80?,81-,82-/m1/s1. The molecule has 17 nitrogen and oxygen atoms in total. The first-order valence-corrected chi connectivity index (χ1v) is 47.2. The lowest BCUT2D eigenvalue weighted by Crippen LogP contribution is -2.30. The molecule has 0 aromatic carbocycles. The lowest BCUT2D eigenvalue weighted by atomic mass is 9.99. The van der Waals surface area contributed by atoms with Crippen molar-refractivity contribution in [2.75, 3.05) is 39.6 Å². The van der Waals surface area contributed by atoms with Gasteiger partial charge in [0.2, 0.25) is 0 Å². The van der Waals surface area contributed by atoms with Crippen molar-refractivity contribution < 1.29 is 80.2 Å². The van der Waals surface area contributed by atoms with Crippen LogP contribution < -0.4 is 0 Å². The maximum absolute atomic E-state index is 13.1. The monoisotopic (exact) mass is 1540 g/mol. The average Bonchev–Trinajstić information content (AvgIpc) is 0.907. The number of carbonyl (C=O) groups excluding carboxylic acids is 4. The summed E-state index contributed by atoms with van der Waals surface area (Å²) in [6, 6.07) is 0. The van der Waals surface area contributed by atoms with Crippen molar-refractivity contribution in [3.8, 4) is 0 Å². The van der Waals surface area contributed by atoms with E-state index in [0.717, 1.165) is 114 Å². The summed E-state index contributed by atoms with van der Waals surface area (Å²) in [5.41, 5.74) is 0. The molecule has 105 heavy (non-hydrogen) atoms. The van der Waals surface area contributed by atoms with Gasteiger partial charge in [-0.05, 0) is 49.4 Å². The summed E-state index contributed by atoms with van der Waals surface area (Å²) in [7, 11) is -9.93. The Morgan fingerprint density at radius 1 is 0.267 bits per heavy atom. The van der Waals surface area contributed by atoms with E-state index >= 15 is 0 Å². The van der Waals surface area contributed by atoms with Crippen molar-refractivity contribution in [3.63, 3.8) is 0 Å². The molecule has 0 rings (SSSR count). The lowest BCUT2D eigenvalue weighted by Gasteiger charge is -2.21. The molecule has 0 spiro atoms. The summed E-state index contributed by atoms with van der Waals surface area (Å²) in [6.45, 7) is 14.3. The molecule has 0 aliphatic rings. The van der Waals surface area contributed by atoms with Crippen molar-refractivity contribution in [1.29, 1.82) is 0 Å². The van der Waals surface area contributed by atoms with Crippen LogP contribution in [0.1, 0.15) is 447 Å². The van der Waals surface area contributed by atoms with Crippen LogP contribution in [0.3, 0.4) is 0 Å². The number of ether oxygens (including phenoxy) is 4. The zero-order valence-corrected chi connectivity index (χ0v) is 71.2. The first-order chi connectivity index (χ1) is 50.6. The van der Waals surface area contributed by atoms with E-state index in [0.29, 0.717) is 31.6 Å². The van der Waals surface area contributed by atoms with Gasteiger partial charge >= 0.3 is 39.5 Å². The van der Waals surface area contributed by atoms with Crippen LogP contribution in [0.2, 0.25) is 0 Å². The molecule has 0 fully saturated rings. The van der Waals surface area contributed by atoms with Gasteiger partial charge in [-0.3, -0.25) is 37.3 Å². The molecule has 0 aliphatic carbocycles. The van der Waals surface area contributed by atoms with E-state index in [2.05, 4.69) is 55.4 Å². The highest BCUT2D eigenvalue weighted by Gasteiger charge is 2.31. The third kappa shape index (κ3) is 78.5. The number of phosphoric acid groups is 2. The van der Waals surface area contributed by atoms with Gasteiger partial charge in [0.15, 0.2) is 12.2 Å². The van der Waals surface area contributed by atoms with E-state index in [4.69, 9.17) is 37.0 Å². The van der Waals surface area contributed by atoms with Gasteiger partial charge in [0.25, 0.3) is 0 Å². The van der Waals surface area contributed by atoms with Crippen molar-refractivity contribution in [2.24, 2.45) is 23.7 Å². The van der Waals surface area contributed by atoms with Gasteiger partial charge in [-0.1, -0.05) is 396 Å². The van der Waals surface area contributed by atoms with Gasteiger partial charge in [0, 0.05) is 25.7 Å². The largest absolute Gasteiger partial charge is 0.472 e. The summed E-state index contributed by atoms with van der Waals surface area (Å²) in [5.74, 6) is 1.05. The topological polar surface area (TPSA) is 237 Å². The Labute approximate surface area is 645 Å². The molecule has 0 saturated carbocycles. The summed E-state index contributed by atoms with van der Waals surface area (Å²) in [6.07, 6.45) is 64.0. The van der Waals surface area contributed by atoms with Gasteiger partial charge in [0.1, 0.15) is 19.3 Å². The second-order valence-corrected chi connectivity index (χ2v) is 35.5. The molecule has 0 bridgehead atoms. The van der Waals surface area contributed by atoms with Crippen LogP contribution >= 0.6 is 15.6 Å². The van der Waals surface area contributed by atoms with E-state index in [9.17, 15) is 43.2 Å². The number of hydrogen-bond acceptors (Lipinski definition) is 15. The number of hydrogen-bond donors (Lipinski definition) is 3. The minimum Gasteiger partial charge on any atom is -0.462 e. The Morgan fingerprint density at radius 3 is 0.676 bits per heavy atom. The number of aliphatic hydroxyl groups excluding tert-OH is 1. The molecule has 0 aliphatic heterocycles. The Hall–Kier alpha value is -1.94. The van der Waals surface area contributed by atoms with E-state index in [1.54, 1.807) is 0 Å². The number of aliphatic hydroxyl groups is 1. The summed E-state index contributed by atoms with van der Waals surface area (Å²) < 4.78 is 68.9. The highest BCUT2D eigenvalue weighted by atomic mass is 31.2. The fourth-order valence-electron chi connectivity index (χ4n) is 13.3. The summed E-state index contributed by atoms with van der Waals surface area (Å²) in [5, 5.41) is 10.7. The van der Waals surface area contributed by atoms with Crippen molar-refractivity contribution in [2.45, 2.75) is 465 Å². The fraction of sp³-hybridized carbons (Fsp3) is 0.953. The van der Waals surface area contributed by atoms with Crippen molar-refractivity contribution in [1.82, 2.24) is 0 Å². The summed E-state index contributed by atoms with van der Waals surface area (Å²) >= 11 is 0. The predicted octanol–water partition coefficient (Wildman–Crippen LogP) is 25.9. The quantitative estimate of drug-likeness (QED) is 0.0222. The van der Waals surface area contributed by atoms with Gasteiger partial charge in [0.05, 0.1) is 26.4 Å². The molecule has 0 amide bonds. The first-order valence-electron chi connectivity index (χ1n) is 44.2. The van der Waals surface area contributed by atoms with E-state index in [1.165, 1.54) is 244 Å². The molecule has 624 valence electrons. The Bertz CT molecular complexity index is 2040. The fourth-order valence-corrected chi connectivity index (χ4v) is 14.9. The predicted molar refractivity (Wildman–Crippen MR) is 432 cm³/mol. The van der Waals surface area contributed by atoms with Crippen LogP contribution in [0.15, 0.2) is 0 Å². The molecule has 0 heterocycles. The zero-order valence-electron chi connectivity index (χ0n) is 69.4. The number of unbranched alkanes of at least 4 members (excludes halogenated alkanes) is 48. The normalized spacial score (nSPS) is 14.2. The van der Waals surface area contributed by atoms with Gasteiger partial charge < -0.3 is 33.8 Å². The second-order valence-electron chi connectivity index (χ2n) is 32.6. The van der Waals surface area contributed by atoms with E-state index in [1.807, 2.05) is 0 Å². The molecule has 0 saturated heterocycles. The maximum Gasteiger partial charge on any atom is 0.472 e. The number of esters is 4. The molecule has 19 heteroatoms. The first kappa shape index (κ1) is 103. The van der Waals surface area contributed by atoms with E-state index < -0.39 is 97.5 Å². The van der Waals surface area contributed by atoms with Gasteiger partial charge in [-0.2, -0.15) is 0 Å². The average molecular weight is 1540 g/mol. The molecule has 4 unspecified atom stereocenters.